The number of benzene rings is 1. The number of pyridine rings is 1. The Morgan fingerprint density at radius 2 is 2.09 bits per heavy atom. The van der Waals surface area contributed by atoms with E-state index >= 15 is 0 Å². The van der Waals surface area contributed by atoms with Gasteiger partial charge >= 0.3 is 7.60 Å². The minimum atomic E-state index is -4.22. The summed E-state index contributed by atoms with van der Waals surface area (Å²) in [5.74, 6) is 0.279. The van der Waals surface area contributed by atoms with Crippen molar-refractivity contribution in [1.29, 1.82) is 0 Å². The second-order valence-electron chi connectivity index (χ2n) is 4.80. The van der Waals surface area contributed by atoms with Gasteiger partial charge in [0.15, 0.2) is 0 Å². The van der Waals surface area contributed by atoms with E-state index in [0.29, 0.717) is 10.5 Å². The molecule has 0 aliphatic rings. The summed E-state index contributed by atoms with van der Waals surface area (Å²) in [6.45, 7) is 0. The monoisotopic (exact) mass is 372 g/mol. The molecule has 0 spiro atoms. The number of hydrogen-bond donors (Lipinski definition) is 4. The van der Waals surface area contributed by atoms with E-state index in [2.05, 4.69) is 20.5 Å². The van der Waals surface area contributed by atoms with Crippen molar-refractivity contribution in [1.82, 2.24) is 15.2 Å². The maximum atomic E-state index is 11.0. The van der Waals surface area contributed by atoms with Gasteiger partial charge in [-0.05, 0) is 17.7 Å². The van der Waals surface area contributed by atoms with Gasteiger partial charge < -0.3 is 15.1 Å². The first kappa shape index (κ1) is 16.2. The fourth-order valence-electron chi connectivity index (χ4n) is 2.15. The van der Waals surface area contributed by atoms with Crippen LogP contribution in [-0.2, 0) is 4.57 Å². The predicted octanol–water partition coefficient (Wildman–Crippen LogP) is 3.48. The van der Waals surface area contributed by atoms with Gasteiger partial charge in [-0.25, -0.2) is 4.98 Å². The van der Waals surface area contributed by atoms with Gasteiger partial charge in [-0.15, -0.1) is 0 Å². The Morgan fingerprint density at radius 3 is 2.74 bits per heavy atom. The van der Waals surface area contributed by atoms with Gasteiger partial charge in [-0.3, -0.25) is 9.66 Å². The van der Waals surface area contributed by atoms with Crippen LogP contribution in [0.4, 0.5) is 5.82 Å². The number of rotatable bonds is 4. The molecule has 0 aliphatic carbocycles. The molecule has 2 heterocycles. The van der Waals surface area contributed by atoms with E-state index in [0.717, 1.165) is 16.5 Å². The SMILES string of the molecule is O=P(O)(O)CNc1cc(-c2cn[nH]c2)c2ccc(Cl)c(Cl)c2n1. The highest BCUT2D eigenvalue weighted by molar-refractivity contribution is 7.51. The zero-order chi connectivity index (χ0) is 16.6. The molecule has 3 aromatic rings. The van der Waals surface area contributed by atoms with E-state index in [9.17, 15) is 4.57 Å². The Labute approximate surface area is 140 Å². The molecule has 0 saturated heterocycles. The number of nitrogens with zero attached hydrogens (tertiary/aromatic N) is 2. The summed E-state index contributed by atoms with van der Waals surface area (Å²) < 4.78 is 11.0. The van der Waals surface area contributed by atoms with Crippen molar-refractivity contribution in [2.45, 2.75) is 0 Å². The zero-order valence-electron chi connectivity index (χ0n) is 11.5. The van der Waals surface area contributed by atoms with Crippen LogP contribution in [0.25, 0.3) is 22.0 Å². The molecule has 0 unspecified atom stereocenters. The Hall–Kier alpha value is -1.63. The first-order chi connectivity index (χ1) is 10.8. The van der Waals surface area contributed by atoms with Crippen molar-refractivity contribution in [3.8, 4) is 11.1 Å². The maximum Gasteiger partial charge on any atom is 0.344 e. The number of aromatic amines is 1. The lowest BCUT2D eigenvalue weighted by Crippen LogP contribution is -2.04. The largest absolute Gasteiger partial charge is 0.359 e. The maximum absolute atomic E-state index is 11.0. The number of halogens is 2. The molecule has 0 saturated carbocycles. The van der Waals surface area contributed by atoms with Crippen molar-refractivity contribution >= 4 is 47.5 Å². The molecule has 0 fully saturated rings. The summed E-state index contributed by atoms with van der Waals surface area (Å²) >= 11 is 12.3. The van der Waals surface area contributed by atoms with Crippen LogP contribution in [0.15, 0.2) is 30.6 Å². The Kier molecular flexibility index (Phi) is 4.31. The highest BCUT2D eigenvalue weighted by Gasteiger charge is 2.16. The number of anilines is 1. The van der Waals surface area contributed by atoms with Crippen LogP contribution in [0.3, 0.4) is 0 Å². The van der Waals surface area contributed by atoms with Crippen LogP contribution in [0.5, 0.6) is 0 Å². The first-order valence-corrected chi connectivity index (χ1v) is 8.97. The third-order valence-corrected chi connectivity index (χ3v) is 4.51. The summed E-state index contributed by atoms with van der Waals surface area (Å²) in [6, 6.07) is 5.12. The molecule has 23 heavy (non-hydrogen) atoms. The molecule has 2 aromatic heterocycles. The fraction of sp³-hybridized carbons (Fsp3) is 0.0769. The highest BCUT2D eigenvalue weighted by atomic mass is 35.5. The standard InChI is InChI=1S/C13H11Cl2N4O3P/c14-10-2-1-8-9(7-4-17-18-5-7)3-11(16-6-23(20,21)22)19-13(8)12(10)15/h1-5H,6H2,(H,16,19)(H,17,18)(H2,20,21,22). The summed E-state index contributed by atoms with van der Waals surface area (Å²) in [5.41, 5.74) is 1.98. The summed E-state index contributed by atoms with van der Waals surface area (Å²) in [7, 11) is -4.22. The average molecular weight is 373 g/mol. The zero-order valence-corrected chi connectivity index (χ0v) is 13.9. The fourth-order valence-corrected chi connectivity index (χ4v) is 2.87. The molecule has 10 heteroatoms. The smallest absolute Gasteiger partial charge is 0.344 e. The van der Waals surface area contributed by atoms with Gasteiger partial charge in [0.25, 0.3) is 0 Å². The third kappa shape index (κ3) is 3.49. The van der Waals surface area contributed by atoms with Gasteiger partial charge in [-0.1, -0.05) is 29.3 Å². The lowest BCUT2D eigenvalue weighted by molar-refractivity contribution is 0.375. The van der Waals surface area contributed by atoms with Crippen LogP contribution in [0, 0.1) is 0 Å². The third-order valence-electron chi connectivity index (χ3n) is 3.15. The summed E-state index contributed by atoms with van der Waals surface area (Å²) in [5, 5.41) is 10.6. The number of aromatic nitrogens is 3. The average Bonchev–Trinajstić information content (AvgIpc) is 3.02. The number of fused-ring (bicyclic) bond motifs is 1. The number of nitrogens with one attached hydrogen (secondary N) is 2. The molecule has 7 nitrogen and oxygen atoms in total. The lowest BCUT2D eigenvalue weighted by atomic mass is 10.0. The molecule has 0 atom stereocenters. The predicted molar refractivity (Wildman–Crippen MR) is 89.9 cm³/mol. The van der Waals surface area contributed by atoms with E-state index in [1.54, 1.807) is 30.6 Å². The molecule has 120 valence electrons. The van der Waals surface area contributed by atoms with E-state index in [1.807, 2.05) is 0 Å². The molecular weight excluding hydrogens is 362 g/mol. The number of hydrogen-bond acceptors (Lipinski definition) is 4. The van der Waals surface area contributed by atoms with E-state index in [1.165, 1.54) is 0 Å². The second-order valence-corrected chi connectivity index (χ2v) is 7.23. The quantitative estimate of drug-likeness (QED) is 0.521. The topological polar surface area (TPSA) is 111 Å². The molecule has 1 aromatic carbocycles. The van der Waals surface area contributed by atoms with Gasteiger partial charge in [-0.2, -0.15) is 5.10 Å². The molecule has 4 N–H and O–H groups in total. The van der Waals surface area contributed by atoms with Crippen molar-refractivity contribution in [3.05, 3.63) is 40.6 Å². The summed E-state index contributed by atoms with van der Waals surface area (Å²) in [6.07, 6.45) is 2.79. The highest BCUT2D eigenvalue weighted by Crippen LogP contribution is 2.38. The van der Waals surface area contributed by atoms with Crippen LogP contribution in [-0.4, -0.2) is 31.3 Å². The molecule has 0 radical (unpaired) electrons. The van der Waals surface area contributed by atoms with Crippen molar-refractivity contribution in [2.24, 2.45) is 0 Å². The molecular formula is C13H11Cl2N4O3P. The molecule has 0 bridgehead atoms. The second kappa shape index (κ2) is 6.11. The summed E-state index contributed by atoms with van der Waals surface area (Å²) in [4.78, 5) is 22.3. The molecule has 0 aliphatic heterocycles. The lowest BCUT2D eigenvalue weighted by Gasteiger charge is -2.12. The minimum absolute atomic E-state index is 0.272. The first-order valence-electron chi connectivity index (χ1n) is 6.41. The number of H-pyrrole nitrogens is 1. The molecule has 0 amide bonds. The Bertz CT molecular complexity index is 911. The van der Waals surface area contributed by atoms with Gasteiger partial charge in [0.05, 0.1) is 21.8 Å². The van der Waals surface area contributed by atoms with Crippen LogP contribution in [0.2, 0.25) is 10.0 Å². The van der Waals surface area contributed by atoms with Crippen molar-refractivity contribution in [2.75, 3.05) is 11.6 Å². The Balaban J connectivity index is 2.19. The van der Waals surface area contributed by atoms with Gasteiger partial charge in [0.1, 0.15) is 12.1 Å². The van der Waals surface area contributed by atoms with E-state index < -0.39 is 13.9 Å². The van der Waals surface area contributed by atoms with E-state index in [-0.39, 0.29) is 10.8 Å². The van der Waals surface area contributed by atoms with Crippen molar-refractivity contribution < 1.29 is 14.4 Å². The van der Waals surface area contributed by atoms with Crippen LogP contribution >= 0.6 is 30.8 Å². The van der Waals surface area contributed by atoms with Gasteiger partial charge in [0.2, 0.25) is 0 Å². The van der Waals surface area contributed by atoms with Crippen LogP contribution < -0.4 is 5.32 Å². The van der Waals surface area contributed by atoms with E-state index in [4.69, 9.17) is 33.0 Å². The molecule has 3 rings (SSSR count). The van der Waals surface area contributed by atoms with Gasteiger partial charge in [0, 0.05) is 17.1 Å². The Morgan fingerprint density at radius 1 is 1.30 bits per heavy atom. The van der Waals surface area contributed by atoms with Crippen LogP contribution in [0.1, 0.15) is 0 Å². The minimum Gasteiger partial charge on any atom is -0.359 e. The van der Waals surface area contributed by atoms with Crippen molar-refractivity contribution in [3.63, 3.8) is 0 Å². The normalized spacial score (nSPS) is 11.8.